The van der Waals surface area contributed by atoms with Gasteiger partial charge in [0.15, 0.2) is 0 Å². The number of hydrogen-bond donors (Lipinski definition) is 2. The molecule has 1 aromatic rings. The second-order valence-corrected chi connectivity index (χ2v) is 10.8. The smallest absolute Gasteiger partial charge is 0.254 e. The molecule has 2 N–H and O–H groups in total. The minimum absolute atomic E-state index is 0.0708. The first-order valence-corrected chi connectivity index (χ1v) is 12.7. The summed E-state index contributed by atoms with van der Waals surface area (Å²) in [6.07, 6.45) is 9.26. The van der Waals surface area contributed by atoms with Gasteiger partial charge in [-0.3, -0.25) is 9.59 Å². The first-order valence-electron chi connectivity index (χ1n) is 12.7. The summed E-state index contributed by atoms with van der Waals surface area (Å²) < 4.78 is 0. The Hall–Kier alpha value is -2.22. The van der Waals surface area contributed by atoms with Crippen LogP contribution in [0.15, 0.2) is 6.20 Å². The summed E-state index contributed by atoms with van der Waals surface area (Å²) in [6, 6.07) is 0.146. The Labute approximate surface area is 196 Å². The summed E-state index contributed by atoms with van der Waals surface area (Å²) in [5.41, 5.74) is 0.902. The van der Waals surface area contributed by atoms with E-state index in [4.69, 9.17) is 4.98 Å². The molecule has 0 radical (unpaired) electrons. The molecule has 4 saturated carbocycles. The number of amides is 2. The molecule has 4 bridgehead atoms. The maximum atomic E-state index is 13.4. The van der Waals surface area contributed by atoms with Crippen LogP contribution in [0.3, 0.4) is 0 Å². The van der Waals surface area contributed by atoms with E-state index in [2.05, 4.69) is 22.1 Å². The van der Waals surface area contributed by atoms with Gasteiger partial charge in [0.25, 0.3) is 5.91 Å². The third kappa shape index (κ3) is 4.46. The normalized spacial score (nSPS) is 32.8. The number of aromatic nitrogens is 2. The molecular formula is C25H37N5O3. The molecule has 2 heterocycles. The van der Waals surface area contributed by atoms with Gasteiger partial charge in [0.2, 0.25) is 11.9 Å². The summed E-state index contributed by atoms with van der Waals surface area (Å²) in [7, 11) is 0. The predicted molar refractivity (Wildman–Crippen MR) is 125 cm³/mol. The Morgan fingerprint density at radius 2 is 1.85 bits per heavy atom. The highest BCUT2D eigenvalue weighted by Crippen LogP contribution is 2.55. The zero-order valence-corrected chi connectivity index (χ0v) is 19.9. The van der Waals surface area contributed by atoms with E-state index in [1.54, 1.807) is 13.1 Å². The molecule has 2 amide bonds. The fourth-order valence-electron chi connectivity index (χ4n) is 6.95. The van der Waals surface area contributed by atoms with Crippen LogP contribution in [-0.4, -0.2) is 69.6 Å². The second-order valence-electron chi connectivity index (χ2n) is 10.8. The Bertz CT molecular complexity index is 897. The fourth-order valence-corrected chi connectivity index (χ4v) is 6.95. The molecule has 5 fully saturated rings. The highest BCUT2D eigenvalue weighted by atomic mass is 16.3. The average molecular weight is 456 g/mol. The number of anilines is 1. The lowest BCUT2D eigenvalue weighted by Gasteiger charge is -2.58. The van der Waals surface area contributed by atoms with Crippen molar-refractivity contribution in [2.75, 3.05) is 31.1 Å². The van der Waals surface area contributed by atoms with Crippen LogP contribution in [0.25, 0.3) is 0 Å². The van der Waals surface area contributed by atoms with E-state index in [1.807, 2.05) is 4.90 Å². The molecule has 0 spiro atoms. The monoisotopic (exact) mass is 455 g/mol. The number of aryl methyl sites for hydroxylation is 1. The maximum Gasteiger partial charge on any atom is 0.254 e. The Morgan fingerprint density at radius 1 is 1.15 bits per heavy atom. The molecule has 5 aliphatic rings. The van der Waals surface area contributed by atoms with Gasteiger partial charge in [0.1, 0.15) is 0 Å². The zero-order chi connectivity index (χ0) is 23.2. The van der Waals surface area contributed by atoms with Crippen LogP contribution in [0.1, 0.15) is 74.8 Å². The van der Waals surface area contributed by atoms with Crippen molar-refractivity contribution < 1.29 is 14.7 Å². The molecule has 8 nitrogen and oxygen atoms in total. The highest BCUT2D eigenvalue weighted by Gasteiger charge is 2.55. The van der Waals surface area contributed by atoms with Crippen LogP contribution in [-0.2, 0) is 11.2 Å². The van der Waals surface area contributed by atoms with Gasteiger partial charge >= 0.3 is 0 Å². The lowest BCUT2D eigenvalue weighted by molar-refractivity contribution is -0.137. The van der Waals surface area contributed by atoms with Crippen molar-refractivity contribution in [3.8, 4) is 0 Å². The van der Waals surface area contributed by atoms with E-state index in [0.717, 1.165) is 57.1 Å². The lowest BCUT2D eigenvalue weighted by atomic mass is 9.52. The third-order valence-corrected chi connectivity index (χ3v) is 8.41. The molecular weight excluding hydrogens is 418 g/mol. The Balaban J connectivity index is 1.31. The van der Waals surface area contributed by atoms with E-state index in [-0.39, 0.29) is 17.9 Å². The van der Waals surface area contributed by atoms with Crippen molar-refractivity contribution in [2.45, 2.75) is 76.9 Å². The van der Waals surface area contributed by atoms with Crippen LogP contribution >= 0.6 is 0 Å². The molecule has 1 saturated heterocycles. The van der Waals surface area contributed by atoms with Gasteiger partial charge in [-0.05, 0) is 62.7 Å². The SMILES string of the molecule is CCCCc1nc(N2CCN(C(C)=O)CC2)ncc1C(=O)NC1C2CC3CC1CC(O)(C3)C2. The molecule has 6 rings (SSSR count). The number of hydrogen-bond acceptors (Lipinski definition) is 6. The topological polar surface area (TPSA) is 98.7 Å². The van der Waals surface area contributed by atoms with Gasteiger partial charge in [0.05, 0.1) is 16.9 Å². The highest BCUT2D eigenvalue weighted by molar-refractivity contribution is 5.95. The summed E-state index contributed by atoms with van der Waals surface area (Å²) in [5, 5.41) is 14.2. The van der Waals surface area contributed by atoms with Gasteiger partial charge in [-0.15, -0.1) is 0 Å². The van der Waals surface area contributed by atoms with Gasteiger partial charge < -0.3 is 20.2 Å². The van der Waals surface area contributed by atoms with Gasteiger partial charge in [-0.25, -0.2) is 9.97 Å². The number of piperazine rings is 1. The average Bonchev–Trinajstić information content (AvgIpc) is 2.78. The predicted octanol–water partition coefficient (Wildman–Crippen LogP) is 2.16. The largest absolute Gasteiger partial charge is 0.390 e. The molecule has 1 aliphatic heterocycles. The Kier molecular flexibility index (Phi) is 6.05. The van der Waals surface area contributed by atoms with E-state index in [0.29, 0.717) is 55.4 Å². The number of carbonyl (C=O) groups excluding carboxylic acids is 2. The van der Waals surface area contributed by atoms with E-state index in [1.165, 1.54) is 0 Å². The summed E-state index contributed by atoms with van der Waals surface area (Å²) in [5.74, 6) is 2.05. The Morgan fingerprint density at radius 3 is 2.45 bits per heavy atom. The third-order valence-electron chi connectivity index (χ3n) is 8.41. The van der Waals surface area contributed by atoms with Crippen molar-refractivity contribution in [3.63, 3.8) is 0 Å². The number of nitrogens with one attached hydrogen (secondary N) is 1. The van der Waals surface area contributed by atoms with Gasteiger partial charge in [-0.2, -0.15) is 0 Å². The molecule has 4 aliphatic carbocycles. The van der Waals surface area contributed by atoms with Crippen molar-refractivity contribution in [1.82, 2.24) is 20.2 Å². The second kappa shape index (κ2) is 8.85. The van der Waals surface area contributed by atoms with Crippen LogP contribution in [0.4, 0.5) is 5.95 Å². The number of unbranched alkanes of at least 4 members (excludes halogenated alkanes) is 1. The molecule has 180 valence electrons. The first-order chi connectivity index (χ1) is 15.8. The fraction of sp³-hybridized carbons (Fsp3) is 0.760. The number of rotatable bonds is 6. The quantitative estimate of drug-likeness (QED) is 0.682. The number of aliphatic hydroxyl groups is 1. The van der Waals surface area contributed by atoms with Crippen molar-refractivity contribution in [2.24, 2.45) is 17.8 Å². The molecule has 1 aromatic heterocycles. The first kappa shape index (κ1) is 22.6. The van der Waals surface area contributed by atoms with Crippen LogP contribution < -0.4 is 10.2 Å². The van der Waals surface area contributed by atoms with E-state index >= 15 is 0 Å². The number of nitrogens with zero attached hydrogens (tertiary/aromatic N) is 4. The van der Waals surface area contributed by atoms with Crippen LogP contribution in [0, 0.1) is 17.8 Å². The van der Waals surface area contributed by atoms with E-state index < -0.39 is 5.60 Å². The summed E-state index contributed by atoms with van der Waals surface area (Å²) in [4.78, 5) is 38.4. The van der Waals surface area contributed by atoms with Gasteiger partial charge in [0, 0.05) is 45.3 Å². The molecule has 8 heteroatoms. The standard InChI is InChI=1S/C25H37N5O3/c1-3-4-5-21-20(15-26-24(27-21)30-8-6-29(7-9-30)16(2)31)23(32)28-22-18-10-17-11-19(22)14-25(33,12-17)13-18/h15,17-19,22,33H,3-14H2,1-2H3,(H,28,32). The molecule has 33 heavy (non-hydrogen) atoms. The minimum Gasteiger partial charge on any atom is -0.390 e. The minimum atomic E-state index is -0.499. The maximum absolute atomic E-state index is 13.4. The van der Waals surface area contributed by atoms with Crippen molar-refractivity contribution in [1.29, 1.82) is 0 Å². The lowest BCUT2D eigenvalue weighted by Crippen LogP contribution is -2.61. The molecule has 2 atom stereocenters. The van der Waals surface area contributed by atoms with Gasteiger partial charge in [-0.1, -0.05) is 13.3 Å². The van der Waals surface area contributed by atoms with Crippen molar-refractivity contribution in [3.05, 3.63) is 17.5 Å². The molecule has 0 aromatic carbocycles. The van der Waals surface area contributed by atoms with Crippen LogP contribution in [0.2, 0.25) is 0 Å². The molecule has 2 unspecified atom stereocenters. The summed E-state index contributed by atoms with van der Waals surface area (Å²) in [6.45, 7) is 6.49. The summed E-state index contributed by atoms with van der Waals surface area (Å²) >= 11 is 0. The van der Waals surface area contributed by atoms with Crippen LogP contribution in [0.5, 0.6) is 0 Å². The zero-order valence-electron chi connectivity index (χ0n) is 19.9. The van der Waals surface area contributed by atoms with Crippen molar-refractivity contribution >= 4 is 17.8 Å². The van der Waals surface area contributed by atoms with E-state index in [9.17, 15) is 14.7 Å². The number of carbonyl (C=O) groups is 2.